The zero-order chi connectivity index (χ0) is 8.53. The van der Waals surface area contributed by atoms with E-state index in [0.29, 0.717) is 0 Å². The van der Waals surface area contributed by atoms with E-state index in [1.54, 1.807) is 0 Å². The van der Waals surface area contributed by atoms with Gasteiger partial charge >= 0.3 is 0 Å². The van der Waals surface area contributed by atoms with Gasteiger partial charge in [0.15, 0.2) is 0 Å². The molecule has 0 heterocycles. The van der Waals surface area contributed by atoms with Crippen LogP contribution in [0.25, 0.3) is 0 Å². The maximum atomic E-state index is 5.64. The summed E-state index contributed by atoms with van der Waals surface area (Å²) in [6.45, 7) is 4.92. The highest BCUT2D eigenvalue weighted by atomic mass is 16.5. The summed E-state index contributed by atoms with van der Waals surface area (Å²) in [6.07, 6.45) is 6.07. The van der Waals surface area contributed by atoms with Crippen molar-refractivity contribution < 1.29 is 4.74 Å². The second-order valence-corrected chi connectivity index (χ2v) is 2.84. The zero-order valence-electron chi connectivity index (χ0n) is 7.81. The molecule has 1 unspecified atom stereocenters. The summed E-state index contributed by atoms with van der Waals surface area (Å²) in [5.74, 6) is 0. The van der Waals surface area contributed by atoms with Crippen LogP contribution in [0.15, 0.2) is 0 Å². The fraction of sp³-hybridized carbons (Fsp3) is 1.00. The van der Waals surface area contributed by atoms with Crippen molar-refractivity contribution in [2.24, 2.45) is 5.73 Å². The molecule has 0 fully saturated rings. The van der Waals surface area contributed by atoms with Crippen LogP contribution in [0.5, 0.6) is 0 Å². The first-order valence-corrected chi connectivity index (χ1v) is 4.68. The lowest BCUT2D eigenvalue weighted by Gasteiger charge is -2.10. The van der Waals surface area contributed by atoms with E-state index in [1.165, 1.54) is 25.7 Å². The second-order valence-electron chi connectivity index (χ2n) is 2.84. The van der Waals surface area contributed by atoms with Gasteiger partial charge in [0, 0.05) is 6.61 Å². The van der Waals surface area contributed by atoms with Crippen molar-refractivity contribution in [1.82, 2.24) is 0 Å². The lowest BCUT2D eigenvalue weighted by atomic mass is 10.1. The van der Waals surface area contributed by atoms with Crippen molar-refractivity contribution in [2.45, 2.75) is 52.2 Å². The van der Waals surface area contributed by atoms with Gasteiger partial charge in [-0.05, 0) is 19.8 Å². The van der Waals surface area contributed by atoms with E-state index >= 15 is 0 Å². The van der Waals surface area contributed by atoms with Gasteiger partial charge in [-0.3, -0.25) is 0 Å². The maximum Gasteiger partial charge on any atom is 0.105 e. The first-order valence-electron chi connectivity index (χ1n) is 4.68. The van der Waals surface area contributed by atoms with Gasteiger partial charge in [-0.15, -0.1) is 0 Å². The largest absolute Gasteiger partial charge is 0.364 e. The third-order valence-corrected chi connectivity index (χ3v) is 1.72. The minimum absolute atomic E-state index is 0.0307. The van der Waals surface area contributed by atoms with Crippen molar-refractivity contribution in [3.8, 4) is 0 Å². The Morgan fingerprint density at radius 3 is 2.45 bits per heavy atom. The SMILES string of the molecule is CCCCCCC(N)OCC. The third kappa shape index (κ3) is 7.82. The van der Waals surface area contributed by atoms with Gasteiger partial charge in [0.25, 0.3) is 0 Å². The third-order valence-electron chi connectivity index (χ3n) is 1.72. The molecule has 11 heavy (non-hydrogen) atoms. The average Bonchev–Trinajstić information content (AvgIpc) is 1.99. The molecule has 0 saturated heterocycles. The van der Waals surface area contributed by atoms with Crippen molar-refractivity contribution in [1.29, 1.82) is 0 Å². The van der Waals surface area contributed by atoms with E-state index in [2.05, 4.69) is 6.92 Å². The molecule has 0 aromatic heterocycles. The van der Waals surface area contributed by atoms with E-state index in [4.69, 9.17) is 10.5 Å². The average molecular weight is 159 g/mol. The lowest BCUT2D eigenvalue weighted by molar-refractivity contribution is 0.0597. The van der Waals surface area contributed by atoms with Crippen LogP contribution in [-0.2, 0) is 4.74 Å². The number of rotatable bonds is 7. The molecular formula is C9H21NO. The highest BCUT2D eigenvalue weighted by Crippen LogP contribution is 2.04. The Morgan fingerprint density at radius 1 is 1.18 bits per heavy atom. The predicted octanol–water partition coefficient (Wildman–Crippen LogP) is 2.28. The number of ether oxygens (including phenoxy) is 1. The Bertz CT molecular complexity index is 76.0. The molecule has 2 heteroatoms. The summed E-state index contributed by atoms with van der Waals surface area (Å²) >= 11 is 0. The standard InChI is InChI=1S/C9H21NO/c1-3-5-6-7-8-9(10)11-4-2/h9H,3-8,10H2,1-2H3. The topological polar surface area (TPSA) is 35.2 Å². The van der Waals surface area contributed by atoms with Crippen molar-refractivity contribution in [3.63, 3.8) is 0 Å². The van der Waals surface area contributed by atoms with Crippen LogP contribution in [0.1, 0.15) is 46.0 Å². The molecule has 0 bridgehead atoms. The van der Waals surface area contributed by atoms with Crippen LogP contribution in [0, 0.1) is 0 Å². The second kappa shape index (κ2) is 8.02. The zero-order valence-corrected chi connectivity index (χ0v) is 7.81. The number of nitrogens with two attached hydrogens (primary N) is 1. The Hall–Kier alpha value is -0.0800. The molecule has 0 aliphatic heterocycles. The van der Waals surface area contributed by atoms with E-state index in [9.17, 15) is 0 Å². The fourth-order valence-corrected chi connectivity index (χ4v) is 1.07. The molecule has 0 aliphatic carbocycles. The number of hydrogen-bond acceptors (Lipinski definition) is 2. The first-order chi connectivity index (χ1) is 5.31. The highest BCUT2D eigenvalue weighted by molar-refractivity contribution is 4.48. The van der Waals surface area contributed by atoms with Crippen molar-refractivity contribution in [3.05, 3.63) is 0 Å². The summed E-state index contributed by atoms with van der Waals surface area (Å²) in [5, 5.41) is 0. The normalized spacial score (nSPS) is 13.4. The molecule has 2 nitrogen and oxygen atoms in total. The van der Waals surface area contributed by atoms with E-state index in [1.807, 2.05) is 6.92 Å². The van der Waals surface area contributed by atoms with Gasteiger partial charge in [0.2, 0.25) is 0 Å². The summed E-state index contributed by atoms with van der Waals surface area (Å²) < 4.78 is 5.20. The summed E-state index contributed by atoms with van der Waals surface area (Å²) in [4.78, 5) is 0. The Kier molecular flexibility index (Phi) is 7.96. The molecule has 0 aliphatic rings. The van der Waals surface area contributed by atoms with Gasteiger partial charge in [-0.25, -0.2) is 0 Å². The van der Waals surface area contributed by atoms with E-state index in [0.717, 1.165) is 13.0 Å². The molecule has 0 rings (SSSR count). The van der Waals surface area contributed by atoms with Crippen LogP contribution in [0.2, 0.25) is 0 Å². The van der Waals surface area contributed by atoms with Gasteiger partial charge < -0.3 is 10.5 Å². The van der Waals surface area contributed by atoms with Crippen LogP contribution in [-0.4, -0.2) is 12.8 Å². The first kappa shape index (κ1) is 10.9. The summed E-state index contributed by atoms with van der Waals surface area (Å²) in [5.41, 5.74) is 5.64. The highest BCUT2D eigenvalue weighted by Gasteiger charge is 1.99. The van der Waals surface area contributed by atoms with Crippen LogP contribution in [0.3, 0.4) is 0 Å². The summed E-state index contributed by atoms with van der Waals surface area (Å²) in [6, 6.07) is 0. The smallest absolute Gasteiger partial charge is 0.105 e. The molecule has 0 saturated carbocycles. The summed E-state index contributed by atoms with van der Waals surface area (Å²) in [7, 11) is 0. The van der Waals surface area contributed by atoms with Gasteiger partial charge in [0.1, 0.15) is 6.23 Å². The van der Waals surface area contributed by atoms with Gasteiger partial charge in [0.05, 0.1) is 0 Å². The molecule has 0 amide bonds. The van der Waals surface area contributed by atoms with Gasteiger partial charge in [-0.1, -0.05) is 26.2 Å². The van der Waals surface area contributed by atoms with Crippen molar-refractivity contribution >= 4 is 0 Å². The predicted molar refractivity (Wildman–Crippen MR) is 48.4 cm³/mol. The van der Waals surface area contributed by atoms with Crippen LogP contribution >= 0.6 is 0 Å². The minimum atomic E-state index is -0.0307. The quantitative estimate of drug-likeness (QED) is 0.457. The van der Waals surface area contributed by atoms with E-state index < -0.39 is 0 Å². The molecule has 68 valence electrons. The van der Waals surface area contributed by atoms with Crippen molar-refractivity contribution in [2.75, 3.05) is 6.61 Å². The van der Waals surface area contributed by atoms with Gasteiger partial charge in [-0.2, -0.15) is 0 Å². The van der Waals surface area contributed by atoms with Crippen LogP contribution in [0.4, 0.5) is 0 Å². The molecule has 1 atom stereocenters. The number of hydrogen-bond donors (Lipinski definition) is 1. The Balaban J connectivity index is 2.97. The minimum Gasteiger partial charge on any atom is -0.364 e. The molecule has 0 spiro atoms. The fourth-order valence-electron chi connectivity index (χ4n) is 1.07. The maximum absolute atomic E-state index is 5.64. The molecule has 2 N–H and O–H groups in total. The monoisotopic (exact) mass is 159 g/mol. The molecule has 0 aromatic rings. The number of unbranched alkanes of at least 4 members (excludes halogenated alkanes) is 3. The van der Waals surface area contributed by atoms with E-state index in [-0.39, 0.29) is 6.23 Å². The lowest BCUT2D eigenvalue weighted by Crippen LogP contribution is -2.23. The van der Waals surface area contributed by atoms with Crippen LogP contribution < -0.4 is 5.73 Å². The molecule has 0 aromatic carbocycles. The molecule has 0 radical (unpaired) electrons. The Labute approximate surface area is 70.1 Å². The Morgan fingerprint density at radius 2 is 1.91 bits per heavy atom. The molecular weight excluding hydrogens is 138 g/mol.